The van der Waals surface area contributed by atoms with Crippen LogP contribution in [-0.2, 0) is 6.54 Å². The monoisotopic (exact) mass is 249 g/mol. The fraction of sp³-hybridized carbons (Fsp3) is 0.800. The molecule has 0 saturated heterocycles. The molecule has 1 aliphatic rings. The van der Waals surface area contributed by atoms with Crippen molar-refractivity contribution in [3.05, 3.63) is 18.0 Å². The van der Waals surface area contributed by atoms with Crippen molar-refractivity contribution in [2.45, 2.75) is 59.5 Å². The molecule has 1 saturated carbocycles. The van der Waals surface area contributed by atoms with Crippen molar-refractivity contribution in [2.75, 3.05) is 6.54 Å². The Hall–Kier alpha value is -0.830. The first kappa shape index (κ1) is 13.6. The molecule has 0 amide bonds. The molecule has 1 aliphatic carbocycles. The van der Waals surface area contributed by atoms with Crippen molar-refractivity contribution >= 4 is 0 Å². The lowest BCUT2D eigenvalue weighted by Gasteiger charge is -2.39. The van der Waals surface area contributed by atoms with E-state index in [-0.39, 0.29) is 0 Å². The maximum atomic E-state index is 4.32. The summed E-state index contributed by atoms with van der Waals surface area (Å²) in [6, 6.07) is 0.690. The summed E-state index contributed by atoms with van der Waals surface area (Å²) < 4.78 is 2.03. The van der Waals surface area contributed by atoms with Crippen LogP contribution >= 0.6 is 0 Å². The first-order valence-electron chi connectivity index (χ1n) is 7.19. The summed E-state index contributed by atoms with van der Waals surface area (Å²) in [4.78, 5) is 0. The van der Waals surface area contributed by atoms with Gasteiger partial charge in [0.25, 0.3) is 0 Å². The van der Waals surface area contributed by atoms with Crippen molar-refractivity contribution < 1.29 is 0 Å². The van der Waals surface area contributed by atoms with Gasteiger partial charge in [-0.15, -0.1) is 0 Å². The van der Waals surface area contributed by atoms with Gasteiger partial charge in [-0.2, -0.15) is 5.10 Å². The Balaban J connectivity index is 1.74. The maximum Gasteiger partial charge on any atom is 0.0534 e. The number of nitrogens with one attached hydrogen (secondary N) is 1. The highest BCUT2D eigenvalue weighted by molar-refractivity contribution is 4.99. The normalized spacial score (nSPS) is 27.3. The molecule has 0 aliphatic heterocycles. The van der Waals surface area contributed by atoms with Gasteiger partial charge in [0.15, 0.2) is 0 Å². The topological polar surface area (TPSA) is 29.9 Å². The molecular formula is C15H27N3. The second-order valence-electron chi connectivity index (χ2n) is 6.73. The Morgan fingerprint density at radius 1 is 1.50 bits per heavy atom. The van der Waals surface area contributed by atoms with Crippen LogP contribution in [0.3, 0.4) is 0 Å². The van der Waals surface area contributed by atoms with Crippen LogP contribution in [0.2, 0.25) is 0 Å². The fourth-order valence-electron chi connectivity index (χ4n) is 3.20. The van der Waals surface area contributed by atoms with Crippen LogP contribution in [0.25, 0.3) is 0 Å². The summed E-state index contributed by atoms with van der Waals surface area (Å²) in [6.45, 7) is 11.3. The van der Waals surface area contributed by atoms with E-state index in [2.05, 4.69) is 44.3 Å². The highest BCUT2D eigenvalue weighted by atomic mass is 15.3. The predicted molar refractivity (Wildman–Crippen MR) is 75.6 cm³/mol. The number of nitrogens with zero attached hydrogens (tertiary/aromatic N) is 2. The largest absolute Gasteiger partial charge is 0.312 e. The number of rotatable bonds is 4. The second kappa shape index (κ2) is 5.43. The van der Waals surface area contributed by atoms with E-state index in [1.165, 1.54) is 24.8 Å². The average molecular weight is 249 g/mol. The minimum Gasteiger partial charge on any atom is -0.312 e. The van der Waals surface area contributed by atoms with E-state index in [9.17, 15) is 0 Å². The first-order valence-corrected chi connectivity index (χ1v) is 7.19. The number of hydrogen-bond donors (Lipinski definition) is 1. The molecule has 0 aromatic carbocycles. The van der Waals surface area contributed by atoms with Gasteiger partial charge >= 0.3 is 0 Å². The van der Waals surface area contributed by atoms with Crippen LogP contribution in [-0.4, -0.2) is 22.4 Å². The Labute approximate surface area is 111 Å². The third kappa shape index (κ3) is 3.58. The molecule has 1 heterocycles. The first-order chi connectivity index (χ1) is 8.46. The van der Waals surface area contributed by atoms with Crippen molar-refractivity contribution in [3.8, 4) is 0 Å². The third-order valence-corrected chi connectivity index (χ3v) is 4.20. The van der Waals surface area contributed by atoms with Crippen LogP contribution in [0.4, 0.5) is 0 Å². The Morgan fingerprint density at radius 2 is 2.28 bits per heavy atom. The molecular weight excluding hydrogens is 222 g/mol. The molecule has 102 valence electrons. The van der Waals surface area contributed by atoms with E-state index < -0.39 is 0 Å². The van der Waals surface area contributed by atoms with Crippen LogP contribution in [0, 0.1) is 18.3 Å². The van der Waals surface area contributed by atoms with Gasteiger partial charge in [0, 0.05) is 18.8 Å². The molecule has 3 heteroatoms. The van der Waals surface area contributed by atoms with Gasteiger partial charge < -0.3 is 5.32 Å². The summed E-state index contributed by atoms with van der Waals surface area (Å²) >= 11 is 0. The Morgan fingerprint density at radius 3 is 2.89 bits per heavy atom. The van der Waals surface area contributed by atoms with Crippen LogP contribution in [0.5, 0.6) is 0 Å². The summed E-state index contributed by atoms with van der Waals surface area (Å²) in [5.74, 6) is 0.785. The number of hydrogen-bond acceptors (Lipinski definition) is 2. The van der Waals surface area contributed by atoms with Gasteiger partial charge in [-0.25, -0.2) is 0 Å². The van der Waals surface area contributed by atoms with Gasteiger partial charge in [-0.3, -0.25) is 4.68 Å². The van der Waals surface area contributed by atoms with E-state index in [1.54, 1.807) is 0 Å². The highest BCUT2D eigenvalue weighted by Gasteiger charge is 2.31. The Bertz CT molecular complexity index is 381. The van der Waals surface area contributed by atoms with Crippen molar-refractivity contribution in [2.24, 2.45) is 11.3 Å². The summed E-state index contributed by atoms with van der Waals surface area (Å²) in [5.41, 5.74) is 1.78. The van der Waals surface area contributed by atoms with E-state index in [1.807, 2.05) is 10.9 Å². The molecule has 1 fully saturated rings. The third-order valence-electron chi connectivity index (χ3n) is 4.20. The SMILES string of the molecule is Cc1cnn(CCNC2CCC(C)(C)CC2C)c1. The molecule has 0 radical (unpaired) electrons. The lowest BCUT2D eigenvalue weighted by Crippen LogP contribution is -2.42. The zero-order valence-electron chi connectivity index (χ0n) is 12.2. The van der Waals surface area contributed by atoms with E-state index >= 15 is 0 Å². The average Bonchev–Trinajstić information content (AvgIpc) is 2.67. The van der Waals surface area contributed by atoms with Gasteiger partial charge in [-0.1, -0.05) is 20.8 Å². The van der Waals surface area contributed by atoms with Gasteiger partial charge in [0.2, 0.25) is 0 Å². The van der Waals surface area contributed by atoms with Crippen molar-refractivity contribution in [1.29, 1.82) is 0 Å². The molecule has 1 N–H and O–H groups in total. The highest BCUT2D eigenvalue weighted by Crippen LogP contribution is 2.38. The minimum absolute atomic E-state index is 0.538. The van der Waals surface area contributed by atoms with E-state index in [0.29, 0.717) is 11.5 Å². The standard InChI is InChI=1S/C15H27N3/c1-12-10-17-18(11-12)8-7-16-14-5-6-15(3,4)9-13(14)2/h10-11,13-14,16H,5-9H2,1-4H3. The van der Waals surface area contributed by atoms with Gasteiger partial charge in [-0.05, 0) is 43.1 Å². The molecule has 2 rings (SSSR count). The molecule has 1 aromatic rings. The lowest BCUT2D eigenvalue weighted by molar-refractivity contribution is 0.148. The van der Waals surface area contributed by atoms with Crippen molar-refractivity contribution in [1.82, 2.24) is 15.1 Å². The molecule has 0 spiro atoms. The minimum atomic E-state index is 0.538. The second-order valence-corrected chi connectivity index (χ2v) is 6.73. The fourth-order valence-corrected chi connectivity index (χ4v) is 3.20. The Kier molecular flexibility index (Phi) is 4.10. The molecule has 0 bridgehead atoms. The smallest absolute Gasteiger partial charge is 0.0534 e. The summed E-state index contributed by atoms with van der Waals surface area (Å²) in [6.07, 6.45) is 8.02. The van der Waals surface area contributed by atoms with E-state index in [0.717, 1.165) is 19.0 Å². The predicted octanol–water partition coefficient (Wildman–Crippen LogP) is 3.00. The quantitative estimate of drug-likeness (QED) is 0.889. The molecule has 1 aromatic heterocycles. The number of aryl methyl sites for hydroxylation is 1. The number of aromatic nitrogens is 2. The van der Waals surface area contributed by atoms with Crippen LogP contribution in [0.1, 0.15) is 45.6 Å². The summed E-state index contributed by atoms with van der Waals surface area (Å²) in [7, 11) is 0. The molecule has 2 unspecified atom stereocenters. The van der Waals surface area contributed by atoms with Crippen molar-refractivity contribution in [3.63, 3.8) is 0 Å². The summed E-state index contributed by atoms with van der Waals surface area (Å²) in [5, 5.41) is 8.02. The van der Waals surface area contributed by atoms with Gasteiger partial charge in [0.1, 0.15) is 0 Å². The zero-order chi connectivity index (χ0) is 13.2. The lowest BCUT2D eigenvalue weighted by atomic mass is 9.70. The van der Waals surface area contributed by atoms with Crippen LogP contribution in [0.15, 0.2) is 12.4 Å². The van der Waals surface area contributed by atoms with Crippen LogP contribution < -0.4 is 5.32 Å². The molecule has 2 atom stereocenters. The molecule has 3 nitrogen and oxygen atoms in total. The van der Waals surface area contributed by atoms with E-state index in [4.69, 9.17) is 0 Å². The zero-order valence-corrected chi connectivity index (χ0v) is 12.2. The molecule has 18 heavy (non-hydrogen) atoms. The van der Waals surface area contributed by atoms with Gasteiger partial charge in [0.05, 0.1) is 12.7 Å². The maximum absolute atomic E-state index is 4.32.